The molecule has 6 nitrogen and oxygen atoms in total. The van der Waals surface area contributed by atoms with Crippen LogP contribution in [0.2, 0.25) is 0 Å². The summed E-state index contributed by atoms with van der Waals surface area (Å²) in [6.45, 7) is 7.08. The zero-order valence-corrected chi connectivity index (χ0v) is 21.7. The molecule has 0 radical (unpaired) electrons. The number of esters is 1. The van der Waals surface area contributed by atoms with E-state index in [2.05, 4.69) is 46.8 Å². The fourth-order valence-electron chi connectivity index (χ4n) is 3.63. The molecule has 1 atom stereocenters. The molecular weight excluding hydrogens is 480 g/mol. The average Bonchev–Trinajstić information content (AvgIpc) is 3.54. The molecule has 0 aliphatic heterocycles. The maximum Gasteiger partial charge on any atom is 0.335 e. The van der Waals surface area contributed by atoms with Crippen LogP contribution in [0, 0.1) is 6.92 Å². The largest absolute Gasteiger partial charge is 0.488 e. The highest BCUT2D eigenvalue weighted by Crippen LogP contribution is 2.33. The number of hydrogen-bond donors (Lipinski definition) is 0. The van der Waals surface area contributed by atoms with Gasteiger partial charge < -0.3 is 14.2 Å². The van der Waals surface area contributed by atoms with Crippen molar-refractivity contribution >= 4 is 28.8 Å². The van der Waals surface area contributed by atoms with Crippen LogP contribution >= 0.6 is 22.9 Å². The average molecular weight is 509 g/mol. The highest BCUT2D eigenvalue weighted by atomic mass is 32.1. The minimum atomic E-state index is -0.592. The molecule has 182 valence electrons. The van der Waals surface area contributed by atoms with Crippen LogP contribution < -0.4 is 4.74 Å². The Bertz CT molecular complexity index is 1220. The molecule has 2 heterocycles. The number of carbonyl (C=O) groups excluding carboxylic acids is 1. The standard InChI is InChI=1S/C27H28N2O4S2/c1-4-31-24(27(30)32-5-2)15-19-6-12-22(13-7-19)33-16-26-18(3)14-25(35-26)21-10-8-20(9-11-21)23-17-34-29-28-23/h6-14,17,24H,4-5,15-16H2,1-3H3. The second kappa shape index (κ2) is 12.1. The van der Waals surface area contributed by atoms with Gasteiger partial charge in [0.2, 0.25) is 0 Å². The molecule has 8 heteroatoms. The smallest absolute Gasteiger partial charge is 0.335 e. The van der Waals surface area contributed by atoms with Crippen molar-refractivity contribution in [2.45, 2.75) is 39.9 Å². The first-order valence-electron chi connectivity index (χ1n) is 11.5. The summed E-state index contributed by atoms with van der Waals surface area (Å²) in [7, 11) is 0. The fourth-order valence-corrected chi connectivity index (χ4v) is 5.19. The third-order valence-corrected chi connectivity index (χ3v) is 7.24. The molecular formula is C27H28N2O4S2. The van der Waals surface area contributed by atoms with E-state index in [0.29, 0.717) is 26.2 Å². The van der Waals surface area contributed by atoms with Crippen LogP contribution in [0.1, 0.15) is 29.9 Å². The van der Waals surface area contributed by atoms with E-state index >= 15 is 0 Å². The van der Waals surface area contributed by atoms with Crippen molar-refractivity contribution < 1.29 is 19.0 Å². The summed E-state index contributed by atoms with van der Waals surface area (Å²) in [6.07, 6.45) is -0.121. The number of aryl methyl sites for hydroxylation is 1. The van der Waals surface area contributed by atoms with Crippen molar-refractivity contribution in [1.29, 1.82) is 0 Å². The van der Waals surface area contributed by atoms with Gasteiger partial charge in [0.25, 0.3) is 0 Å². The van der Waals surface area contributed by atoms with Gasteiger partial charge in [-0.25, -0.2) is 4.79 Å². The topological polar surface area (TPSA) is 70.5 Å². The zero-order valence-electron chi connectivity index (χ0n) is 20.0. The molecule has 2 aromatic heterocycles. The molecule has 0 spiro atoms. The SMILES string of the molecule is CCOC(=O)C(Cc1ccc(OCc2sc(-c3ccc(-c4csnn4)cc3)cc2C)cc1)OCC. The quantitative estimate of drug-likeness (QED) is 0.220. The third kappa shape index (κ3) is 6.54. The summed E-state index contributed by atoms with van der Waals surface area (Å²) in [5, 5.41) is 6.08. The van der Waals surface area contributed by atoms with E-state index in [-0.39, 0.29) is 5.97 Å². The lowest BCUT2D eigenvalue weighted by Crippen LogP contribution is -2.28. The minimum Gasteiger partial charge on any atom is -0.488 e. The number of carbonyl (C=O) groups is 1. The molecule has 2 aromatic carbocycles. The van der Waals surface area contributed by atoms with Gasteiger partial charge in [-0.05, 0) is 67.2 Å². The molecule has 0 bridgehead atoms. The predicted octanol–water partition coefficient (Wildman–Crippen LogP) is 6.33. The van der Waals surface area contributed by atoms with Crippen molar-refractivity contribution in [3.8, 4) is 27.4 Å². The predicted molar refractivity (Wildman–Crippen MR) is 140 cm³/mol. The van der Waals surface area contributed by atoms with Gasteiger partial charge in [0.05, 0.1) is 6.61 Å². The van der Waals surface area contributed by atoms with Crippen LogP contribution in [0.4, 0.5) is 0 Å². The second-order valence-electron chi connectivity index (χ2n) is 7.92. The Hall–Kier alpha value is -3.07. The van der Waals surface area contributed by atoms with Gasteiger partial charge >= 0.3 is 5.97 Å². The van der Waals surface area contributed by atoms with Gasteiger partial charge in [0.15, 0.2) is 6.10 Å². The number of aromatic nitrogens is 2. The molecule has 0 saturated carbocycles. The molecule has 0 saturated heterocycles. The number of ether oxygens (including phenoxy) is 3. The zero-order chi connectivity index (χ0) is 24.6. The summed E-state index contributed by atoms with van der Waals surface area (Å²) in [5.41, 5.74) is 5.35. The molecule has 0 amide bonds. The molecule has 4 rings (SSSR count). The van der Waals surface area contributed by atoms with E-state index in [1.165, 1.54) is 32.4 Å². The molecule has 0 aliphatic carbocycles. The van der Waals surface area contributed by atoms with Crippen molar-refractivity contribution in [3.63, 3.8) is 0 Å². The maximum absolute atomic E-state index is 12.1. The number of benzene rings is 2. The van der Waals surface area contributed by atoms with Gasteiger partial charge in [-0.15, -0.1) is 16.4 Å². The van der Waals surface area contributed by atoms with Gasteiger partial charge in [0.1, 0.15) is 18.1 Å². The van der Waals surface area contributed by atoms with Gasteiger partial charge in [0, 0.05) is 33.7 Å². The van der Waals surface area contributed by atoms with Crippen LogP contribution in [0.15, 0.2) is 60.0 Å². The van der Waals surface area contributed by atoms with Gasteiger partial charge in [-0.3, -0.25) is 0 Å². The summed E-state index contributed by atoms with van der Waals surface area (Å²) < 4.78 is 20.7. The highest BCUT2D eigenvalue weighted by molar-refractivity contribution is 7.15. The van der Waals surface area contributed by atoms with E-state index in [1.807, 2.05) is 36.6 Å². The molecule has 0 fully saturated rings. The van der Waals surface area contributed by atoms with Crippen LogP contribution in [0.3, 0.4) is 0 Å². The monoisotopic (exact) mass is 508 g/mol. The minimum absolute atomic E-state index is 0.326. The Morgan fingerprint density at radius 3 is 2.40 bits per heavy atom. The van der Waals surface area contributed by atoms with Crippen LogP contribution in [0.25, 0.3) is 21.7 Å². The summed E-state index contributed by atoms with van der Waals surface area (Å²) >= 11 is 3.10. The van der Waals surface area contributed by atoms with Gasteiger partial charge in [-0.1, -0.05) is 40.9 Å². The maximum atomic E-state index is 12.1. The number of thiophene rings is 1. The van der Waals surface area contributed by atoms with Crippen LogP contribution in [-0.2, 0) is 27.3 Å². The second-order valence-corrected chi connectivity index (χ2v) is 9.66. The number of nitrogens with zero attached hydrogens (tertiary/aromatic N) is 2. The molecule has 1 unspecified atom stereocenters. The Morgan fingerprint density at radius 1 is 1.00 bits per heavy atom. The van der Waals surface area contributed by atoms with E-state index in [0.717, 1.165) is 22.6 Å². The van der Waals surface area contributed by atoms with Crippen LogP contribution in [0.5, 0.6) is 5.75 Å². The fraction of sp³-hybridized carbons (Fsp3) is 0.296. The van der Waals surface area contributed by atoms with E-state index in [4.69, 9.17) is 14.2 Å². The summed E-state index contributed by atoms with van der Waals surface area (Å²) in [5.74, 6) is 0.460. The lowest BCUT2D eigenvalue weighted by molar-refractivity contribution is -0.156. The lowest BCUT2D eigenvalue weighted by atomic mass is 10.1. The summed E-state index contributed by atoms with van der Waals surface area (Å²) in [6, 6.07) is 18.4. The van der Waals surface area contributed by atoms with Crippen molar-refractivity contribution in [1.82, 2.24) is 9.59 Å². The van der Waals surface area contributed by atoms with E-state index < -0.39 is 6.10 Å². The Morgan fingerprint density at radius 2 is 1.74 bits per heavy atom. The van der Waals surface area contributed by atoms with Gasteiger partial charge in [-0.2, -0.15) is 0 Å². The Balaban J connectivity index is 1.36. The van der Waals surface area contributed by atoms with E-state index in [9.17, 15) is 4.79 Å². The molecule has 0 aliphatic rings. The van der Waals surface area contributed by atoms with Crippen molar-refractivity contribution in [3.05, 3.63) is 76.0 Å². The first-order valence-corrected chi connectivity index (χ1v) is 13.2. The van der Waals surface area contributed by atoms with Crippen molar-refractivity contribution in [2.24, 2.45) is 0 Å². The first kappa shape index (κ1) is 25.0. The third-order valence-electron chi connectivity index (χ3n) is 5.48. The number of rotatable bonds is 11. The molecule has 4 aromatic rings. The van der Waals surface area contributed by atoms with E-state index in [1.54, 1.807) is 18.3 Å². The normalized spacial score (nSPS) is 11.9. The molecule has 0 N–H and O–H groups in total. The Labute approximate surface area is 213 Å². The van der Waals surface area contributed by atoms with Crippen LogP contribution in [-0.4, -0.2) is 34.9 Å². The molecule has 35 heavy (non-hydrogen) atoms. The Kier molecular flexibility index (Phi) is 8.63. The number of hydrogen-bond acceptors (Lipinski definition) is 8. The highest BCUT2D eigenvalue weighted by Gasteiger charge is 2.20. The lowest BCUT2D eigenvalue weighted by Gasteiger charge is -2.15. The first-order chi connectivity index (χ1) is 17.1. The summed E-state index contributed by atoms with van der Waals surface area (Å²) in [4.78, 5) is 14.5. The van der Waals surface area contributed by atoms with Crippen molar-refractivity contribution in [2.75, 3.05) is 13.2 Å².